The van der Waals surface area contributed by atoms with Gasteiger partial charge in [0.1, 0.15) is 12.3 Å². The lowest BCUT2D eigenvalue weighted by atomic mass is 10.1. The van der Waals surface area contributed by atoms with Crippen LogP contribution in [-0.2, 0) is 9.53 Å². The predicted molar refractivity (Wildman–Crippen MR) is 75.1 cm³/mol. The van der Waals surface area contributed by atoms with E-state index in [1.54, 1.807) is 6.07 Å². The van der Waals surface area contributed by atoms with Gasteiger partial charge in [0, 0.05) is 19.2 Å². The van der Waals surface area contributed by atoms with Gasteiger partial charge in [-0.1, -0.05) is 0 Å². The van der Waals surface area contributed by atoms with Crippen LogP contribution in [0.3, 0.4) is 0 Å². The summed E-state index contributed by atoms with van der Waals surface area (Å²) >= 11 is 0. The van der Waals surface area contributed by atoms with Crippen LogP contribution in [0.15, 0.2) is 12.1 Å². The van der Waals surface area contributed by atoms with Crippen molar-refractivity contribution in [1.82, 2.24) is 4.90 Å². The van der Waals surface area contributed by atoms with E-state index in [2.05, 4.69) is 4.74 Å². The molecule has 0 aliphatic carbocycles. The molecule has 0 aliphatic heterocycles. The van der Waals surface area contributed by atoms with Crippen molar-refractivity contribution in [1.29, 1.82) is 0 Å². The van der Waals surface area contributed by atoms with Crippen LogP contribution in [0.1, 0.15) is 10.4 Å². The van der Waals surface area contributed by atoms with Crippen LogP contribution in [0.5, 0.6) is 17.2 Å². The first-order valence-corrected chi connectivity index (χ1v) is 6.10. The molecule has 1 rings (SSSR count). The SMILES string of the molecule is COC(=O)CN(C)C(=O)c1cc(OC)c(OC)cc1OC. The number of methoxy groups -OCH3 is 4. The van der Waals surface area contributed by atoms with Crippen LogP contribution in [0.4, 0.5) is 0 Å². The third-order valence-electron chi connectivity index (χ3n) is 2.88. The molecule has 0 aliphatic rings. The molecule has 0 saturated heterocycles. The van der Waals surface area contributed by atoms with Crippen molar-refractivity contribution in [3.63, 3.8) is 0 Å². The minimum Gasteiger partial charge on any atom is -0.496 e. The van der Waals surface area contributed by atoms with Crippen LogP contribution < -0.4 is 14.2 Å². The molecule has 0 aromatic heterocycles. The van der Waals surface area contributed by atoms with Crippen molar-refractivity contribution in [2.75, 3.05) is 42.0 Å². The van der Waals surface area contributed by atoms with Crippen molar-refractivity contribution in [2.24, 2.45) is 0 Å². The Morgan fingerprint density at radius 2 is 1.48 bits per heavy atom. The molecule has 21 heavy (non-hydrogen) atoms. The van der Waals surface area contributed by atoms with Gasteiger partial charge in [-0.05, 0) is 0 Å². The second-order valence-corrected chi connectivity index (χ2v) is 4.14. The summed E-state index contributed by atoms with van der Waals surface area (Å²) in [5.74, 6) is 0.271. The molecule has 1 amide bonds. The van der Waals surface area contributed by atoms with Gasteiger partial charge < -0.3 is 23.8 Å². The van der Waals surface area contributed by atoms with Gasteiger partial charge in [-0.3, -0.25) is 9.59 Å². The summed E-state index contributed by atoms with van der Waals surface area (Å²) in [4.78, 5) is 24.9. The van der Waals surface area contributed by atoms with Crippen molar-refractivity contribution in [3.05, 3.63) is 17.7 Å². The third kappa shape index (κ3) is 3.77. The van der Waals surface area contributed by atoms with Crippen LogP contribution in [0.25, 0.3) is 0 Å². The highest BCUT2D eigenvalue weighted by molar-refractivity contribution is 5.99. The number of hydrogen-bond donors (Lipinski definition) is 0. The summed E-state index contributed by atoms with van der Waals surface area (Å²) in [5, 5.41) is 0. The molecule has 0 bridgehead atoms. The summed E-state index contributed by atoms with van der Waals surface area (Å²) in [6.07, 6.45) is 0. The van der Waals surface area contributed by atoms with Gasteiger partial charge in [-0.25, -0.2) is 0 Å². The summed E-state index contributed by atoms with van der Waals surface area (Å²) in [6, 6.07) is 3.06. The van der Waals surface area contributed by atoms with E-state index in [1.165, 1.54) is 46.5 Å². The molecule has 7 heteroatoms. The molecule has 1 aromatic carbocycles. The summed E-state index contributed by atoms with van der Waals surface area (Å²) in [5.41, 5.74) is 0.265. The Labute approximate surface area is 123 Å². The molecule has 0 saturated carbocycles. The fourth-order valence-electron chi connectivity index (χ4n) is 1.73. The number of carbonyl (C=O) groups excluding carboxylic acids is 2. The second kappa shape index (κ2) is 7.37. The van der Waals surface area contributed by atoms with Crippen LogP contribution in [-0.4, -0.2) is 58.8 Å². The fraction of sp³-hybridized carbons (Fsp3) is 0.429. The number of benzene rings is 1. The van der Waals surface area contributed by atoms with E-state index in [4.69, 9.17) is 14.2 Å². The molecule has 0 fully saturated rings. The number of esters is 1. The molecule has 0 spiro atoms. The van der Waals surface area contributed by atoms with Crippen molar-refractivity contribution in [2.45, 2.75) is 0 Å². The maximum atomic E-state index is 12.4. The highest BCUT2D eigenvalue weighted by Gasteiger charge is 2.22. The molecule has 7 nitrogen and oxygen atoms in total. The molecule has 0 atom stereocenters. The van der Waals surface area contributed by atoms with E-state index in [-0.39, 0.29) is 12.1 Å². The number of nitrogens with zero attached hydrogens (tertiary/aromatic N) is 1. The smallest absolute Gasteiger partial charge is 0.325 e. The second-order valence-electron chi connectivity index (χ2n) is 4.14. The van der Waals surface area contributed by atoms with Crippen LogP contribution in [0.2, 0.25) is 0 Å². The Bertz CT molecular complexity index is 528. The zero-order valence-electron chi connectivity index (χ0n) is 12.8. The number of likely N-dealkylation sites (N-methyl/N-ethyl adjacent to an activating group) is 1. The third-order valence-corrected chi connectivity index (χ3v) is 2.88. The van der Waals surface area contributed by atoms with Gasteiger partial charge in [-0.15, -0.1) is 0 Å². The molecule has 1 aromatic rings. The monoisotopic (exact) mass is 297 g/mol. The quantitative estimate of drug-likeness (QED) is 0.728. The van der Waals surface area contributed by atoms with E-state index in [9.17, 15) is 9.59 Å². The highest BCUT2D eigenvalue weighted by Crippen LogP contribution is 2.35. The van der Waals surface area contributed by atoms with Crippen LogP contribution in [0, 0.1) is 0 Å². The number of rotatable bonds is 6. The maximum absolute atomic E-state index is 12.4. The lowest BCUT2D eigenvalue weighted by Crippen LogP contribution is -2.32. The lowest BCUT2D eigenvalue weighted by Gasteiger charge is -2.19. The van der Waals surface area contributed by atoms with E-state index >= 15 is 0 Å². The van der Waals surface area contributed by atoms with Crippen molar-refractivity contribution >= 4 is 11.9 Å². The van der Waals surface area contributed by atoms with E-state index in [0.717, 1.165) is 0 Å². The molecule has 0 radical (unpaired) electrons. The first kappa shape index (κ1) is 16.6. The highest BCUT2D eigenvalue weighted by atomic mass is 16.5. The summed E-state index contributed by atoms with van der Waals surface area (Å²) in [7, 11) is 7.16. The Morgan fingerprint density at radius 1 is 0.952 bits per heavy atom. The maximum Gasteiger partial charge on any atom is 0.325 e. The average molecular weight is 297 g/mol. The van der Waals surface area contributed by atoms with E-state index in [1.807, 2.05) is 0 Å². The zero-order valence-corrected chi connectivity index (χ0v) is 12.8. The summed E-state index contributed by atoms with van der Waals surface area (Å²) in [6.45, 7) is -0.160. The van der Waals surface area contributed by atoms with Gasteiger partial charge in [-0.2, -0.15) is 0 Å². The Kier molecular flexibility index (Phi) is 5.83. The van der Waals surface area contributed by atoms with Crippen LogP contribution >= 0.6 is 0 Å². The fourth-order valence-corrected chi connectivity index (χ4v) is 1.73. The van der Waals surface area contributed by atoms with Gasteiger partial charge in [0.25, 0.3) is 5.91 Å². The number of amides is 1. The molecule has 0 N–H and O–H groups in total. The summed E-state index contributed by atoms with van der Waals surface area (Å²) < 4.78 is 20.0. The average Bonchev–Trinajstić information content (AvgIpc) is 2.52. The molecular weight excluding hydrogens is 278 g/mol. The van der Waals surface area contributed by atoms with Gasteiger partial charge in [0.15, 0.2) is 11.5 Å². The Hall–Kier alpha value is -2.44. The van der Waals surface area contributed by atoms with Gasteiger partial charge in [0.05, 0.1) is 34.0 Å². The number of carbonyl (C=O) groups is 2. The minimum atomic E-state index is -0.509. The minimum absolute atomic E-state index is 0.160. The molecule has 0 heterocycles. The van der Waals surface area contributed by atoms with E-state index in [0.29, 0.717) is 17.2 Å². The standard InChI is InChI=1S/C14H19NO6/c1-15(8-13(16)21-5)14(17)9-6-11(19-3)12(20-4)7-10(9)18-2/h6-7H,8H2,1-5H3. The largest absolute Gasteiger partial charge is 0.496 e. The van der Waals surface area contributed by atoms with Crippen molar-refractivity contribution < 1.29 is 28.5 Å². The molecule has 0 unspecified atom stereocenters. The lowest BCUT2D eigenvalue weighted by molar-refractivity contribution is -0.141. The number of hydrogen-bond acceptors (Lipinski definition) is 6. The molecular formula is C14H19NO6. The Morgan fingerprint density at radius 3 is 1.95 bits per heavy atom. The van der Waals surface area contributed by atoms with E-state index < -0.39 is 11.9 Å². The predicted octanol–water partition coefficient (Wildman–Crippen LogP) is 0.957. The zero-order chi connectivity index (χ0) is 16.0. The van der Waals surface area contributed by atoms with Gasteiger partial charge >= 0.3 is 5.97 Å². The Balaban J connectivity index is 3.15. The van der Waals surface area contributed by atoms with Crippen molar-refractivity contribution in [3.8, 4) is 17.2 Å². The normalized spacial score (nSPS) is 9.76. The van der Waals surface area contributed by atoms with Gasteiger partial charge in [0.2, 0.25) is 0 Å². The topological polar surface area (TPSA) is 74.3 Å². The first-order chi connectivity index (χ1) is 9.98. The number of ether oxygens (including phenoxy) is 4. The first-order valence-electron chi connectivity index (χ1n) is 6.10. The molecule has 116 valence electrons.